The number of hydrogen-bond acceptors (Lipinski definition) is 4. The molecule has 0 atom stereocenters. The largest absolute Gasteiger partial charge is 0.454 e. The van der Waals surface area contributed by atoms with Crippen LogP contribution in [0, 0.1) is 0 Å². The Labute approximate surface area is 398 Å². The fraction of sp³-hybridized carbons (Fsp3) is 0.188. The lowest BCUT2D eigenvalue weighted by Crippen LogP contribution is -2.12. The Balaban J connectivity index is 1.10. The quantitative estimate of drug-likeness (QED) is 0.102. The van der Waals surface area contributed by atoms with Crippen LogP contribution in [0.5, 0.6) is 0 Å². The summed E-state index contributed by atoms with van der Waals surface area (Å²) in [4.78, 5) is 4.86. The van der Waals surface area contributed by atoms with Gasteiger partial charge < -0.3 is 18.6 Å². The zero-order valence-electron chi connectivity index (χ0n) is 39.5. The number of unbranched alkanes of at least 4 members (excludes halogenated alkanes) is 2. The molecule has 0 aliphatic heterocycles. The molecule has 0 radical (unpaired) electrons. The zero-order chi connectivity index (χ0) is 45.9. The van der Waals surface area contributed by atoms with Crippen LogP contribution in [0.2, 0.25) is 0 Å². The van der Waals surface area contributed by atoms with Gasteiger partial charge in [0.25, 0.3) is 0 Å². The Morgan fingerprint density at radius 3 is 1.12 bits per heavy atom. The summed E-state index contributed by atoms with van der Waals surface area (Å²) in [6.07, 6.45) is 8.48. The van der Waals surface area contributed by atoms with Gasteiger partial charge in [-0.2, -0.15) is 0 Å². The molecule has 0 aliphatic carbocycles. The van der Waals surface area contributed by atoms with Crippen molar-refractivity contribution in [1.29, 1.82) is 0 Å². The van der Waals surface area contributed by atoms with Gasteiger partial charge in [-0.15, -0.1) is 0 Å². The third kappa shape index (κ3) is 6.80. The van der Waals surface area contributed by atoms with Crippen LogP contribution < -0.4 is 9.80 Å². The minimum atomic E-state index is 0.904. The maximum atomic E-state index is 7.06. The molecular weight excluding hydrogens is 829 g/mol. The van der Waals surface area contributed by atoms with Gasteiger partial charge in [-0.3, -0.25) is 0 Å². The van der Waals surface area contributed by atoms with Gasteiger partial charge in [-0.05, 0) is 131 Å². The predicted molar refractivity (Wildman–Crippen MR) is 290 cm³/mol. The van der Waals surface area contributed by atoms with Crippen LogP contribution in [0.1, 0.15) is 75.6 Å². The van der Waals surface area contributed by atoms with Gasteiger partial charge in [0, 0.05) is 43.7 Å². The Hall–Kier alpha value is -7.56. The number of nitrogens with zero attached hydrogens (tertiary/aromatic N) is 2. The molecule has 0 unspecified atom stereocenters. The number of hydrogen-bond donors (Lipinski definition) is 0. The molecule has 12 aromatic rings. The molecule has 0 saturated heterocycles. The van der Waals surface area contributed by atoms with Crippen molar-refractivity contribution < 1.29 is 8.83 Å². The second-order valence-corrected chi connectivity index (χ2v) is 18.6. The van der Waals surface area contributed by atoms with Gasteiger partial charge in [0.1, 0.15) is 11.2 Å². The number of rotatable bonds is 14. The lowest BCUT2D eigenvalue weighted by atomic mass is 9.91. The second kappa shape index (κ2) is 17.3. The highest BCUT2D eigenvalue weighted by Crippen LogP contribution is 2.50. The standard InChI is InChI=1S/C64H56N2O2/c1-5-9-15-45-17-11-19-49-51-21-13-23-57(63(51)67-61(45)49)65(47-33-25-41(7-3)26-34-47)55-39-31-43-30-38-54-56(40-32-44-29-37-53(55)59(43)60(44)54)66(48-35-27-42(8-4)28-36-48)58-24-14-22-52-50-20-12-18-46(16-10-6-2)62(50)68-64(52)58/h11-14,17-40H,5-10,15-16H2,1-4H3. The first-order valence-electron chi connectivity index (χ1n) is 24.9. The van der Waals surface area contributed by atoms with Gasteiger partial charge in [-0.1, -0.05) is 162 Å². The van der Waals surface area contributed by atoms with E-state index in [9.17, 15) is 0 Å². The fourth-order valence-corrected chi connectivity index (χ4v) is 10.9. The number of anilines is 6. The normalized spacial score (nSPS) is 12.0. The third-order valence-electron chi connectivity index (χ3n) is 14.6. The summed E-state index contributed by atoms with van der Waals surface area (Å²) in [6, 6.07) is 63.3. The van der Waals surface area contributed by atoms with Crippen molar-refractivity contribution in [3.8, 4) is 0 Å². The summed E-state index contributed by atoms with van der Waals surface area (Å²) in [5, 5.41) is 11.9. The molecular formula is C64H56N2O2. The van der Waals surface area contributed by atoms with Crippen molar-refractivity contribution in [2.45, 2.75) is 79.1 Å². The molecule has 0 saturated carbocycles. The molecule has 0 amide bonds. The first-order valence-corrected chi connectivity index (χ1v) is 24.9. The Kier molecular flexibility index (Phi) is 10.6. The summed E-state index contributed by atoms with van der Waals surface area (Å²) < 4.78 is 14.1. The summed E-state index contributed by atoms with van der Waals surface area (Å²) in [5.41, 5.74) is 15.4. The van der Waals surface area contributed by atoms with Crippen molar-refractivity contribution in [2.75, 3.05) is 9.80 Å². The molecule has 4 heteroatoms. The van der Waals surface area contributed by atoms with E-state index in [-0.39, 0.29) is 0 Å². The minimum Gasteiger partial charge on any atom is -0.454 e. The smallest absolute Gasteiger partial charge is 0.159 e. The van der Waals surface area contributed by atoms with Crippen molar-refractivity contribution in [3.63, 3.8) is 0 Å². The van der Waals surface area contributed by atoms with Gasteiger partial charge >= 0.3 is 0 Å². The summed E-state index contributed by atoms with van der Waals surface area (Å²) in [7, 11) is 0. The molecule has 12 rings (SSSR count). The zero-order valence-corrected chi connectivity index (χ0v) is 39.5. The van der Waals surface area contributed by atoms with E-state index in [1.165, 1.54) is 65.3 Å². The van der Waals surface area contributed by atoms with E-state index in [0.717, 1.165) is 119 Å². The van der Waals surface area contributed by atoms with Crippen molar-refractivity contribution in [3.05, 3.63) is 192 Å². The Morgan fingerprint density at radius 1 is 0.338 bits per heavy atom. The van der Waals surface area contributed by atoms with Gasteiger partial charge in [0.15, 0.2) is 11.2 Å². The van der Waals surface area contributed by atoms with E-state index in [0.29, 0.717) is 0 Å². The number of aryl methyl sites for hydroxylation is 4. The second-order valence-electron chi connectivity index (χ2n) is 18.6. The predicted octanol–water partition coefficient (Wildman–Crippen LogP) is 19.1. The lowest BCUT2D eigenvalue weighted by molar-refractivity contribution is 0.658. The van der Waals surface area contributed by atoms with E-state index in [1.807, 2.05) is 0 Å². The van der Waals surface area contributed by atoms with Crippen LogP contribution in [0.15, 0.2) is 179 Å². The first-order chi connectivity index (χ1) is 33.6. The number of furan rings is 2. The average Bonchev–Trinajstić information content (AvgIpc) is 3.98. The van der Waals surface area contributed by atoms with E-state index < -0.39 is 0 Å². The van der Waals surface area contributed by atoms with Crippen molar-refractivity contribution in [2.24, 2.45) is 0 Å². The molecule has 0 bridgehead atoms. The fourth-order valence-electron chi connectivity index (χ4n) is 10.9. The summed E-state index contributed by atoms with van der Waals surface area (Å²) in [5.74, 6) is 0. The van der Waals surface area contributed by atoms with E-state index in [1.54, 1.807) is 0 Å². The van der Waals surface area contributed by atoms with Crippen LogP contribution >= 0.6 is 0 Å². The van der Waals surface area contributed by atoms with Gasteiger partial charge in [0.05, 0.1) is 22.7 Å². The highest BCUT2D eigenvalue weighted by molar-refractivity contribution is 6.28. The monoisotopic (exact) mass is 884 g/mol. The van der Waals surface area contributed by atoms with E-state index in [2.05, 4.69) is 207 Å². The number of para-hydroxylation sites is 4. The topological polar surface area (TPSA) is 32.8 Å². The molecule has 0 fully saturated rings. The van der Waals surface area contributed by atoms with E-state index in [4.69, 9.17) is 8.83 Å². The molecule has 4 nitrogen and oxygen atoms in total. The number of benzene rings is 10. The van der Waals surface area contributed by atoms with Crippen LogP contribution in [-0.2, 0) is 25.7 Å². The first kappa shape index (κ1) is 41.8. The van der Waals surface area contributed by atoms with Crippen LogP contribution in [0.4, 0.5) is 34.1 Å². The highest BCUT2D eigenvalue weighted by Gasteiger charge is 2.26. The maximum absolute atomic E-state index is 7.06. The molecule has 0 N–H and O–H groups in total. The SMILES string of the molecule is CCCCc1cccc2c1oc1c(N(c3ccc(CC)cc3)c3ccc4ccc5c(N(c6ccc(CC)cc6)c6cccc7c6oc6c(CCCC)cccc67)ccc6ccc3c4c65)cccc12. The molecule has 0 spiro atoms. The summed E-state index contributed by atoms with van der Waals surface area (Å²) >= 11 is 0. The van der Waals surface area contributed by atoms with E-state index >= 15 is 0 Å². The minimum absolute atomic E-state index is 0.904. The molecule has 10 aromatic carbocycles. The van der Waals surface area contributed by atoms with Crippen LogP contribution in [-0.4, -0.2) is 0 Å². The van der Waals surface area contributed by atoms with Crippen molar-refractivity contribution in [1.82, 2.24) is 0 Å². The van der Waals surface area contributed by atoms with Crippen molar-refractivity contribution >= 4 is 110 Å². The maximum Gasteiger partial charge on any atom is 0.159 e. The lowest BCUT2D eigenvalue weighted by Gasteiger charge is -2.29. The van der Waals surface area contributed by atoms with Crippen LogP contribution in [0.25, 0.3) is 76.2 Å². The summed E-state index contributed by atoms with van der Waals surface area (Å²) in [6.45, 7) is 8.94. The molecule has 2 aromatic heterocycles. The highest BCUT2D eigenvalue weighted by atomic mass is 16.3. The average molecular weight is 885 g/mol. The van der Waals surface area contributed by atoms with Gasteiger partial charge in [0.2, 0.25) is 0 Å². The van der Waals surface area contributed by atoms with Crippen LogP contribution in [0.3, 0.4) is 0 Å². The molecule has 2 heterocycles. The Bertz CT molecular complexity index is 3550. The van der Waals surface area contributed by atoms with Gasteiger partial charge in [-0.25, -0.2) is 0 Å². The molecule has 0 aliphatic rings. The molecule has 68 heavy (non-hydrogen) atoms. The third-order valence-corrected chi connectivity index (χ3v) is 14.6. The number of fused-ring (bicyclic) bond motifs is 6. The molecule has 334 valence electrons. The Morgan fingerprint density at radius 2 is 0.721 bits per heavy atom.